The summed E-state index contributed by atoms with van der Waals surface area (Å²) in [5, 5.41) is 23.2. The van der Waals surface area contributed by atoms with Crippen molar-refractivity contribution in [2.75, 3.05) is 6.61 Å². The van der Waals surface area contributed by atoms with E-state index in [-0.39, 0.29) is 12.5 Å². The molecule has 414 valence electrons. The molecule has 0 saturated heterocycles. The molecule has 0 radical (unpaired) electrons. The number of aliphatic hydroxyl groups is 2. The molecule has 0 aromatic heterocycles. The number of hydrogen-bond acceptors (Lipinski definition) is 3. The van der Waals surface area contributed by atoms with Gasteiger partial charge in [-0.25, -0.2) is 0 Å². The second kappa shape index (κ2) is 62.6. The molecule has 0 fully saturated rings. The van der Waals surface area contributed by atoms with Crippen molar-refractivity contribution < 1.29 is 15.0 Å². The molecule has 1 amide bonds. The van der Waals surface area contributed by atoms with Gasteiger partial charge >= 0.3 is 0 Å². The third-order valence-electron chi connectivity index (χ3n) is 13.1. The molecule has 0 spiro atoms. The van der Waals surface area contributed by atoms with Gasteiger partial charge in [0.2, 0.25) is 5.91 Å². The van der Waals surface area contributed by atoms with Crippen molar-refractivity contribution in [3.63, 3.8) is 0 Å². The Balaban J connectivity index is 3.65. The molecule has 0 saturated carbocycles. The maximum Gasteiger partial charge on any atom is 0.220 e. The molecule has 3 N–H and O–H groups in total. The minimum Gasteiger partial charge on any atom is -0.394 e. The van der Waals surface area contributed by atoms with Crippen LogP contribution in [0.25, 0.3) is 0 Å². The van der Waals surface area contributed by atoms with E-state index in [4.69, 9.17) is 0 Å². The first-order chi connectivity index (χ1) is 36.2. The van der Waals surface area contributed by atoms with Crippen molar-refractivity contribution >= 4 is 5.91 Å². The number of carbonyl (C=O) groups excluding carboxylic acids is 1. The fraction of sp³-hybridized carbons (Fsp3) is 0.638. The smallest absolute Gasteiger partial charge is 0.220 e. The van der Waals surface area contributed by atoms with E-state index in [9.17, 15) is 15.0 Å². The van der Waals surface area contributed by atoms with Crippen LogP contribution in [0.2, 0.25) is 0 Å². The van der Waals surface area contributed by atoms with E-state index in [1.165, 1.54) is 135 Å². The number of aliphatic hydroxyl groups excluding tert-OH is 2. The molecule has 0 rings (SSSR count). The van der Waals surface area contributed by atoms with Crippen LogP contribution in [0.4, 0.5) is 0 Å². The van der Waals surface area contributed by atoms with Gasteiger partial charge in [-0.2, -0.15) is 0 Å². The van der Waals surface area contributed by atoms with Crippen molar-refractivity contribution in [1.82, 2.24) is 5.32 Å². The Kier molecular flexibility index (Phi) is 59.4. The van der Waals surface area contributed by atoms with Crippen molar-refractivity contribution in [1.29, 1.82) is 0 Å². The minimum atomic E-state index is -0.854. The highest BCUT2D eigenvalue weighted by atomic mass is 16.3. The third-order valence-corrected chi connectivity index (χ3v) is 13.1. The SMILES string of the molecule is CC/C=C\C/C=C\C/C=C\C/C=C\C/C=C\C/C=C\C/C=C\C/C=C\C/C=C\C/C=C\C/C=C\CCCCCCCCCC(=O)NC(CO)C(O)/C=C/CCCCCCCCCCCCCCCCCCCC. The molecule has 0 heterocycles. The van der Waals surface area contributed by atoms with Crippen LogP contribution in [0.5, 0.6) is 0 Å². The van der Waals surface area contributed by atoms with Crippen LogP contribution in [0, 0.1) is 0 Å². The lowest BCUT2D eigenvalue weighted by molar-refractivity contribution is -0.123. The number of allylic oxidation sites excluding steroid dienone is 23. The van der Waals surface area contributed by atoms with Gasteiger partial charge in [0.05, 0.1) is 18.8 Å². The lowest BCUT2D eigenvalue weighted by atomic mass is 10.0. The second-order valence-corrected chi connectivity index (χ2v) is 20.0. The molecular formula is C69H115NO3. The standard InChI is InChI=1S/C69H115NO3/c1-3-5-7-9-11-13-15-17-19-21-23-25-26-27-28-29-30-31-32-33-34-35-36-37-38-39-40-41-42-43-44-45-47-49-51-53-55-57-59-61-63-65-69(73)70-67(66-71)68(72)64-62-60-58-56-54-52-50-48-46-24-22-20-18-16-14-12-10-8-6-4-2/h5,7,11,13,17,19,23,25,27-28,30-31,33-34,36-37,39-40,42-43,45,47,62,64,67-68,71-72H,3-4,6,8-10,12,14-16,18,20-22,24,26,29,32,35,38,41,44,46,48-61,63,65-66H2,1-2H3,(H,70,73)/b7-5-,13-11-,19-17-,25-23-,28-27-,31-30-,34-33-,37-36-,40-39-,43-42-,47-45-,64-62+. The molecule has 4 nitrogen and oxygen atoms in total. The van der Waals surface area contributed by atoms with Crippen LogP contribution >= 0.6 is 0 Å². The highest BCUT2D eigenvalue weighted by molar-refractivity contribution is 5.76. The molecule has 0 aromatic carbocycles. The molecule has 2 unspecified atom stereocenters. The molecule has 0 aliphatic heterocycles. The van der Waals surface area contributed by atoms with E-state index in [0.29, 0.717) is 6.42 Å². The van der Waals surface area contributed by atoms with Crippen LogP contribution < -0.4 is 5.32 Å². The predicted octanol–water partition coefficient (Wildman–Crippen LogP) is 20.8. The minimum absolute atomic E-state index is 0.0793. The summed E-state index contributed by atoms with van der Waals surface area (Å²) in [5.74, 6) is -0.0793. The van der Waals surface area contributed by atoms with Crippen LogP contribution in [0.15, 0.2) is 146 Å². The van der Waals surface area contributed by atoms with Crippen molar-refractivity contribution in [2.24, 2.45) is 0 Å². The zero-order chi connectivity index (χ0) is 52.7. The third kappa shape index (κ3) is 59.0. The number of hydrogen-bond donors (Lipinski definition) is 3. The van der Waals surface area contributed by atoms with Crippen molar-refractivity contribution in [3.05, 3.63) is 146 Å². The van der Waals surface area contributed by atoms with Crippen LogP contribution in [0.1, 0.15) is 264 Å². The summed E-state index contributed by atoms with van der Waals surface area (Å²) in [6, 6.07) is -0.639. The molecule has 0 aliphatic carbocycles. The summed E-state index contributed by atoms with van der Waals surface area (Å²) >= 11 is 0. The molecule has 0 aliphatic rings. The summed E-state index contributed by atoms with van der Waals surface area (Å²) in [7, 11) is 0. The van der Waals surface area contributed by atoms with Gasteiger partial charge in [0.1, 0.15) is 0 Å². The first-order valence-electron chi connectivity index (χ1n) is 30.5. The van der Waals surface area contributed by atoms with E-state index in [1.54, 1.807) is 6.08 Å². The summed E-state index contributed by atoms with van der Waals surface area (Å²) in [5.41, 5.74) is 0. The Morgan fingerprint density at radius 2 is 0.603 bits per heavy atom. The van der Waals surface area contributed by atoms with Gasteiger partial charge in [0.15, 0.2) is 0 Å². The van der Waals surface area contributed by atoms with Gasteiger partial charge < -0.3 is 15.5 Å². The molecule has 73 heavy (non-hydrogen) atoms. The predicted molar refractivity (Wildman–Crippen MR) is 326 cm³/mol. The van der Waals surface area contributed by atoms with Gasteiger partial charge in [-0.3, -0.25) is 4.79 Å². The quantitative estimate of drug-likeness (QED) is 0.0420. The lowest BCUT2D eigenvalue weighted by Gasteiger charge is -2.20. The van der Waals surface area contributed by atoms with Crippen LogP contribution in [0.3, 0.4) is 0 Å². The lowest BCUT2D eigenvalue weighted by Crippen LogP contribution is -2.45. The molecule has 2 atom stereocenters. The zero-order valence-electron chi connectivity index (χ0n) is 47.6. The number of carbonyl (C=O) groups is 1. The highest BCUT2D eigenvalue weighted by Crippen LogP contribution is 2.16. The number of nitrogens with one attached hydrogen (secondary N) is 1. The topological polar surface area (TPSA) is 69.6 Å². The summed E-state index contributed by atoms with van der Waals surface area (Å²) in [4.78, 5) is 12.5. The van der Waals surface area contributed by atoms with Gasteiger partial charge in [-0.05, 0) is 103 Å². The number of amides is 1. The average molecular weight is 1010 g/mol. The van der Waals surface area contributed by atoms with E-state index >= 15 is 0 Å². The summed E-state index contributed by atoms with van der Waals surface area (Å²) in [6.45, 7) is 4.20. The van der Waals surface area contributed by atoms with E-state index in [2.05, 4.69) is 153 Å². The van der Waals surface area contributed by atoms with Gasteiger partial charge in [-0.15, -0.1) is 0 Å². The Labute approximate surface area is 453 Å². The Morgan fingerprint density at radius 3 is 0.904 bits per heavy atom. The Hall–Kier alpha value is -3.73. The first-order valence-corrected chi connectivity index (χ1v) is 30.5. The normalized spacial score (nSPS) is 13.9. The second-order valence-electron chi connectivity index (χ2n) is 20.0. The number of unbranched alkanes of at least 4 members (excludes halogenated alkanes) is 25. The maximum atomic E-state index is 12.5. The van der Waals surface area contributed by atoms with Crippen LogP contribution in [-0.4, -0.2) is 34.9 Å². The van der Waals surface area contributed by atoms with Gasteiger partial charge in [-0.1, -0.05) is 301 Å². The fourth-order valence-corrected chi connectivity index (χ4v) is 8.48. The number of rotatable bonds is 54. The monoisotopic (exact) mass is 1010 g/mol. The summed E-state index contributed by atoms with van der Waals surface area (Å²) in [6.07, 6.45) is 98.7. The highest BCUT2D eigenvalue weighted by Gasteiger charge is 2.18. The molecule has 0 bridgehead atoms. The van der Waals surface area contributed by atoms with E-state index in [0.717, 1.165) is 109 Å². The van der Waals surface area contributed by atoms with Crippen molar-refractivity contribution in [2.45, 2.75) is 276 Å². The largest absolute Gasteiger partial charge is 0.394 e. The first kappa shape index (κ1) is 69.3. The van der Waals surface area contributed by atoms with Gasteiger partial charge in [0, 0.05) is 6.42 Å². The van der Waals surface area contributed by atoms with Crippen LogP contribution in [-0.2, 0) is 4.79 Å². The zero-order valence-corrected chi connectivity index (χ0v) is 47.6. The molecular weight excluding hydrogens is 891 g/mol. The Bertz CT molecular complexity index is 1510. The average Bonchev–Trinajstić information content (AvgIpc) is 3.40. The molecule has 4 heteroatoms. The van der Waals surface area contributed by atoms with E-state index < -0.39 is 12.1 Å². The molecule has 0 aromatic rings. The fourth-order valence-electron chi connectivity index (χ4n) is 8.48. The van der Waals surface area contributed by atoms with Crippen molar-refractivity contribution in [3.8, 4) is 0 Å². The van der Waals surface area contributed by atoms with E-state index in [1.807, 2.05) is 6.08 Å². The summed E-state index contributed by atoms with van der Waals surface area (Å²) < 4.78 is 0. The Morgan fingerprint density at radius 1 is 0.342 bits per heavy atom. The maximum absolute atomic E-state index is 12.5. The van der Waals surface area contributed by atoms with Gasteiger partial charge in [0.25, 0.3) is 0 Å².